The van der Waals surface area contributed by atoms with E-state index in [1.165, 1.54) is 11.1 Å². The van der Waals surface area contributed by atoms with Crippen molar-refractivity contribution >= 4 is 11.3 Å². The summed E-state index contributed by atoms with van der Waals surface area (Å²) in [6.45, 7) is 0. The molecule has 0 bridgehead atoms. The molecule has 1 unspecified atom stereocenters. The standard InChI is InChI=1S/C15H20N2OS/c1-18-15-6-3-12(4-7-15)10-14(17-16)5-2-13-8-9-19-11-13/h3-4,6-9,11,14,17H,2,5,10,16H2,1H3. The maximum absolute atomic E-state index is 5.64. The lowest BCUT2D eigenvalue weighted by atomic mass is 10.0. The summed E-state index contributed by atoms with van der Waals surface area (Å²) in [4.78, 5) is 0. The van der Waals surface area contributed by atoms with Crippen molar-refractivity contribution in [2.45, 2.75) is 25.3 Å². The molecule has 0 aliphatic heterocycles. The highest BCUT2D eigenvalue weighted by Crippen LogP contribution is 2.15. The van der Waals surface area contributed by atoms with Crippen LogP contribution in [0.4, 0.5) is 0 Å². The van der Waals surface area contributed by atoms with Crippen LogP contribution in [0.15, 0.2) is 41.1 Å². The van der Waals surface area contributed by atoms with Gasteiger partial charge in [-0.05, 0) is 59.3 Å². The molecule has 2 aromatic rings. The molecule has 3 N–H and O–H groups in total. The summed E-state index contributed by atoms with van der Waals surface area (Å²) in [5.41, 5.74) is 5.57. The van der Waals surface area contributed by atoms with E-state index >= 15 is 0 Å². The number of methoxy groups -OCH3 is 1. The van der Waals surface area contributed by atoms with Gasteiger partial charge in [0.1, 0.15) is 5.75 Å². The summed E-state index contributed by atoms with van der Waals surface area (Å²) >= 11 is 1.74. The number of aryl methyl sites for hydroxylation is 1. The smallest absolute Gasteiger partial charge is 0.118 e. The molecule has 0 saturated carbocycles. The van der Waals surface area contributed by atoms with Crippen molar-refractivity contribution in [2.24, 2.45) is 5.84 Å². The van der Waals surface area contributed by atoms with Crippen molar-refractivity contribution in [2.75, 3.05) is 7.11 Å². The average Bonchev–Trinajstić information content (AvgIpc) is 2.97. The van der Waals surface area contributed by atoms with E-state index < -0.39 is 0 Å². The predicted molar refractivity (Wildman–Crippen MR) is 80.4 cm³/mol. The first-order chi connectivity index (χ1) is 9.31. The molecule has 0 aliphatic carbocycles. The molecule has 0 fully saturated rings. The van der Waals surface area contributed by atoms with Gasteiger partial charge in [-0.25, -0.2) is 0 Å². The van der Waals surface area contributed by atoms with Gasteiger partial charge in [-0.1, -0.05) is 12.1 Å². The monoisotopic (exact) mass is 276 g/mol. The highest BCUT2D eigenvalue weighted by Gasteiger charge is 2.08. The van der Waals surface area contributed by atoms with Gasteiger partial charge in [-0.3, -0.25) is 11.3 Å². The van der Waals surface area contributed by atoms with Crippen LogP contribution >= 0.6 is 11.3 Å². The number of nitrogens with two attached hydrogens (primary N) is 1. The number of hydrazine groups is 1. The van der Waals surface area contributed by atoms with Crippen molar-refractivity contribution in [1.82, 2.24) is 5.43 Å². The molecule has 1 aromatic heterocycles. The van der Waals surface area contributed by atoms with Gasteiger partial charge in [0.05, 0.1) is 7.11 Å². The Morgan fingerprint density at radius 2 is 2.00 bits per heavy atom. The van der Waals surface area contributed by atoms with Gasteiger partial charge in [0.15, 0.2) is 0 Å². The third-order valence-electron chi connectivity index (χ3n) is 3.24. The molecule has 0 amide bonds. The minimum atomic E-state index is 0.299. The topological polar surface area (TPSA) is 47.3 Å². The first-order valence-corrected chi connectivity index (χ1v) is 7.36. The van der Waals surface area contributed by atoms with Crippen molar-refractivity contribution < 1.29 is 4.74 Å². The van der Waals surface area contributed by atoms with Gasteiger partial charge in [0.2, 0.25) is 0 Å². The van der Waals surface area contributed by atoms with Gasteiger partial charge in [-0.2, -0.15) is 11.3 Å². The van der Waals surface area contributed by atoms with E-state index in [-0.39, 0.29) is 0 Å². The molecule has 102 valence electrons. The Labute approximate surface area is 118 Å². The van der Waals surface area contributed by atoms with Gasteiger partial charge < -0.3 is 4.74 Å². The van der Waals surface area contributed by atoms with Crippen molar-refractivity contribution in [3.63, 3.8) is 0 Å². The number of rotatable bonds is 7. The van der Waals surface area contributed by atoms with Crippen LogP contribution in [0.5, 0.6) is 5.75 Å². The van der Waals surface area contributed by atoms with Gasteiger partial charge >= 0.3 is 0 Å². The number of nitrogens with one attached hydrogen (secondary N) is 1. The fourth-order valence-electron chi connectivity index (χ4n) is 2.07. The van der Waals surface area contributed by atoms with Crippen molar-refractivity contribution in [3.05, 3.63) is 52.2 Å². The van der Waals surface area contributed by atoms with E-state index in [1.54, 1.807) is 18.4 Å². The molecular weight excluding hydrogens is 256 g/mol. The predicted octanol–water partition coefficient (Wildman–Crippen LogP) is 2.76. The molecule has 0 radical (unpaired) electrons. The van der Waals surface area contributed by atoms with Gasteiger partial charge in [0, 0.05) is 6.04 Å². The van der Waals surface area contributed by atoms with Crippen LogP contribution < -0.4 is 16.0 Å². The summed E-state index contributed by atoms with van der Waals surface area (Å²) in [6.07, 6.45) is 3.04. The third-order valence-corrected chi connectivity index (χ3v) is 3.97. The number of ether oxygens (including phenoxy) is 1. The van der Waals surface area contributed by atoms with Crippen molar-refractivity contribution in [3.8, 4) is 5.75 Å². The minimum Gasteiger partial charge on any atom is -0.497 e. The summed E-state index contributed by atoms with van der Waals surface area (Å²) in [5.74, 6) is 6.53. The molecule has 3 nitrogen and oxygen atoms in total. The van der Waals surface area contributed by atoms with Gasteiger partial charge in [0.25, 0.3) is 0 Å². The zero-order chi connectivity index (χ0) is 13.5. The molecule has 0 saturated heterocycles. The quantitative estimate of drug-likeness (QED) is 0.604. The zero-order valence-corrected chi connectivity index (χ0v) is 12.0. The van der Waals surface area contributed by atoms with Crippen LogP contribution in [0.25, 0.3) is 0 Å². The summed E-state index contributed by atoms with van der Waals surface area (Å²) < 4.78 is 5.16. The first-order valence-electron chi connectivity index (χ1n) is 6.42. The van der Waals surface area contributed by atoms with Crippen LogP contribution in [0.2, 0.25) is 0 Å². The molecule has 1 heterocycles. The third kappa shape index (κ3) is 4.35. The lowest BCUT2D eigenvalue weighted by Crippen LogP contribution is -2.37. The number of hydrogen-bond acceptors (Lipinski definition) is 4. The number of benzene rings is 1. The zero-order valence-electron chi connectivity index (χ0n) is 11.1. The molecular formula is C15H20N2OS. The molecule has 0 spiro atoms. The first kappa shape index (κ1) is 14.1. The van der Waals surface area contributed by atoms with Crippen LogP contribution in [0.1, 0.15) is 17.5 Å². The summed E-state index contributed by atoms with van der Waals surface area (Å²) in [6, 6.07) is 10.6. The van der Waals surface area contributed by atoms with E-state index in [9.17, 15) is 0 Å². The second-order valence-corrected chi connectivity index (χ2v) is 5.37. The largest absolute Gasteiger partial charge is 0.497 e. The SMILES string of the molecule is COc1ccc(CC(CCc2ccsc2)NN)cc1. The van der Waals surface area contributed by atoms with Crippen LogP contribution in [-0.2, 0) is 12.8 Å². The normalized spacial score (nSPS) is 12.3. The summed E-state index contributed by atoms with van der Waals surface area (Å²) in [7, 11) is 1.68. The van der Waals surface area contributed by atoms with E-state index in [1.807, 2.05) is 12.1 Å². The highest BCUT2D eigenvalue weighted by molar-refractivity contribution is 7.07. The Balaban J connectivity index is 1.87. The van der Waals surface area contributed by atoms with E-state index in [0.29, 0.717) is 6.04 Å². The fraction of sp³-hybridized carbons (Fsp3) is 0.333. The molecule has 2 rings (SSSR count). The van der Waals surface area contributed by atoms with Crippen LogP contribution in [0.3, 0.4) is 0 Å². The molecule has 4 heteroatoms. The van der Waals surface area contributed by atoms with E-state index in [4.69, 9.17) is 10.6 Å². The Morgan fingerprint density at radius 3 is 2.58 bits per heavy atom. The Bertz CT molecular complexity index is 467. The van der Waals surface area contributed by atoms with E-state index in [2.05, 4.69) is 34.4 Å². The Morgan fingerprint density at radius 1 is 1.21 bits per heavy atom. The highest BCUT2D eigenvalue weighted by atomic mass is 32.1. The lowest BCUT2D eigenvalue weighted by Gasteiger charge is -2.15. The van der Waals surface area contributed by atoms with E-state index in [0.717, 1.165) is 25.0 Å². The molecule has 1 aromatic carbocycles. The second-order valence-electron chi connectivity index (χ2n) is 4.59. The Hall–Kier alpha value is -1.36. The van der Waals surface area contributed by atoms with Crippen LogP contribution in [0, 0.1) is 0 Å². The van der Waals surface area contributed by atoms with Gasteiger partial charge in [-0.15, -0.1) is 0 Å². The number of thiophene rings is 1. The number of hydrogen-bond donors (Lipinski definition) is 2. The summed E-state index contributed by atoms with van der Waals surface area (Å²) in [5, 5.41) is 4.31. The maximum atomic E-state index is 5.64. The van der Waals surface area contributed by atoms with Crippen LogP contribution in [-0.4, -0.2) is 13.2 Å². The maximum Gasteiger partial charge on any atom is 0.118 e. The average molecular weight is 276 g/mol. The minimum absolute atomic E-state index is 0.299. The fourth-order valence-corrected chi connectivity index (χ4v) is 2.77. The second kappa shape index (κ2) is 7.28. The molecule has 0 aliphatic rings. The Kier molecular flexibility index (Phi) is 5.39. The van der Waals surface area contributed by atoms with Crippen molar-refractivity contribution in [1.29, 1.82) is 0 Å². The molecule has 19 heavy (non-hydrogen) atoms. The lowest BCUT2D eigenvalue weighted by molar-refractivity contribution is 0.414. The molecule has 1 atom stereocenters.